The van der Waals surface area contributed by atoms with E-state index in [9.17, 15) is 19.2 Å². The molecular formula is C20H24N6O4. The monoisotopic (exact) mass is 412 g/mol. The van der Waals surface area contributed by atoms with Gasteiger partial charge in [-0.2, -0.15) is 5.10 Å². The fourth-order valence-electron chi connectivity index (χ4n) is 2.97. The van der Waals surface area contributed by atoms with Gasteiger partial charge in [0.05, 0.1) is 6.54 Å². The van der Waals surface area contributed by atoms with Crippen molar-refractivity contribution >= 4 is 35.1 Å². The zero-order valence-electron chi connectivity index (χ0n) is 16.8. The second-order valence-corrected chi connectivity index (χ2v) is 7.41. The molecule has 1 aliphatic heterocycles. The summed E-state index contributed by atoms with van der Waals surface area (Å²) in [4.78, 5) is 48.3. The van der Waals surface area contributed by atoms with Gasteiger partial charge in [-0.1, -0.05) is 13.8 Å². The number of aromatic amines is 1. The molecule has 1 aromatic heterocycles. The number of carbonyl (C=O) groups is 4. The van der Waals surface area contributed by atoms with Gasteiger partial charge in [-0.25, -0.2) is 4.79 Å². The number of hydrogen-bond acceptors (Lipinski definition) is 5. The Morgan fingerprint density at radius 1 is 1.13 bits per heavy atom. The Labute approximate surface area is 173 Å². The average molecular weight is 412 g/mol. The number of benzene rings is 1. The molecular weight excluding hydrogens is 388 g/mol. The number of rotatable bonds is 8. The summed E-state index contributed by atoms with van der Waals surface area (Å²) < 4.78 is 0. The average Bonchev–Trinajstić information content (AvgIpc) is 3.28. The van der Waals surface area contributed by atoms with E-state index in [4.69, 9.17) is 0 Å². The van der Waals surface area contributed by atoms with E-state index in [-0.39, 0.29) is 37.2 Å². The van der Waals surface area contributed by atoms with E-state index in [1.807, 2.05) is 0 Å². The summed E-state index contributed by atoms with van der Waals surface area (Å²) in [6, 6.07) is 7.86. The van der Waals surface area contributed by atoms with E-state index in [2.05, 4.69) is 40.0 Å². The number of imide groups is 1. The van der Waals surface area contributed by atoms with Crippen LogP contribution in [0.25, 0.3) is 0 Å². The Morgan fingerprint density at radius 2 is 1.80 bits per heavy atom. The molecule has 0 bridgehead atoms. The van der Waals surface area contributed by atoms with E-state index in [1.165, 1.54) is 0 Å². The molecule has 1 aliphatic rings. The van der Waals surface area contributed by atoms with Gasteiger partial charge in [0.2, 0.25) is 11.8 Å². The van der Waals surface area contributed by atoms with Crippen molar-refractivity contribution in [3.63, 3.8) is 0 Å². The van der Waals surface area contributed by atoms with Crippen LogP contribution in [-0.2, 0) is 16.0 Å². The van der Waals surface area contributed by atoms with E-state index in [0.29, 0.717) is 23.0 Å². The summed E-state index contributed by atoms with van der Waals surface area (Å²) >= 11 is 0. The number of H-pyrrole nitrogens is 1. The number of nitrogens with zero attached hydrogens (tertiary/aromatic N) is 2. The third-order valence-electron chi connectivity index (χ3n) is 4.42. The highest BCUT2D eigenvalue weighted by Gasteiger charge is 2.28. The third kappa shape index (κ3) is 5.43. The minimum atomic E-state index is -0.485. The van der Waals surface area contributed by atoms with Gasteiger partial charge in [-0.15, -0.1) is 0 Å². The first kappa shape index (κ1) is 21.0. The second kappa shape index (κ2) is 9.21. The molecule has 4 N–H and O–H groups in total. The van der Waals surface area contributed by atoms with Crippen molar-refractivity contribution in [3.8, 4) is 0 Å². The van der Waals surface area contributed by atoms with Crippen LogP contribution in [0.4, 0.5) is 16.2 Å². The Hall–Kier alpha value is -3.69. The molecule has 10 heteroatoms. The Kier molecular flexibility index (Phi) is 6.45. The van der Waals surface area contributed by atoms with Crippen molar-refractivity contribution in [3.05, 3.63) is 41.7 Å². The lowest BCUT2D eigenvalue weighted by Gasteiger charge is -2.12. The summed E-state index contributed by atoms with van der Waals surface area (Å²) in [5.41, 5.74) is 2.31. The highest BCUT2D eigenvalue weighted by atomic mass is 16.2. The van der Waals surface area contributed by atoms with Crippen LogP contribution in [0.5, 0.6) is 0 Å². The van der Waals surface area contributed by atoms with Crippen molar-refractivity contribution in [1.29, 1.82) is 0 Å². The molecule has 0 radical (unpaired) electrons. The number of hydrogen-bond donors (Lipinski definition) is 4. The summed E-state index contributed by atoms with van der Waals surface area (Å²) in [6.45, 7) is 4.16. The second-order valence-electron chi connectivity index (χ2n) is 7.41. The third-order valence-corrected chi connectivity index (χ3v) is 4.42. The van der Waals surface area contributed by atoms with Gasteiger partial charge in [-0.3, -0.25) is 24.4 Å². The molecule has 10 nitrogen and oxygen atoms in total. The summed E-state index contributed by atoms with van der Waals surface area (Å²) in [7, 11) is 0. The van der Waals surface area contributed by atoms with Crippen LogP contribution in [0.3, 0.4) is 0 Å². The normalized spacial score (nSPS) is 13.5. The number of amides is 5. The van der Waals surface area contributed by atoms with Gasteiger partial charge < -0.3 is 16.0 Å². The first-order valence-electron chi connectivity index (χ1n) is 9.65. The maximum absolute atomic E-state index is 12.3. The molecule has 0 saturated carbocycles. The van der Waals surface area contributed by atoms with Gasteiger partial charge in [-0.05, 0) is 42.7 Å². The molecule has 5 amide bonds. The molecule has 158 valence electrons. The number of carbonyl (C=O) groups excluding carboxylic acids is 4. The Balaban J connectivity index is 1.49. The van der Waals surface area contributed by atoms with Crippen LogP contribution in [0.2, 0.25) is 0 Å². The van der Waals surface area contributed by atoms with Crippen molar-refractivity contribution in [1.82, 2.24) is 20.4 Å². The minimum absolute atomic E-state index is 0.00445. The van der Waals surface area contributed by atoms with Gasteiger partial charge in [0, 0.05) is 30.0 Å². The summed E-state index contributed by atoms with van der Waals surface area (Å²) in [6.07, 6.45) is 0.806. The lowest BCUT2D eigenvalue weighted by molar-refractivity contribution is -0.125. The zero-order chi connectivity index (χ0) is 21.7. The molecule has 0 atom stereocenters. The molecule has 0 unspecified atom stereocenters. The zero-order valence-corrected chi connectivity index (χ0v) is 16.8. The predicted molar refractivity (Wildman–Crippen MR) is 110 cm³/mol. The highest BCUT2D eigenvalue weighted by Crippen LogP contribution is 2.15. The number of nitrogens with one attached hydrogen (secondary N) is 4. The molecule has 1 fully saturated rings. The lowest BCUT2D eigenvalue weighted by atomic mass is 10.1. The number of anilines is 2. The molecule has 2 heterocycles. The molecule has 3 rings (SSSR count). The molecule has 2 aromatic rings. The topological polar surface area (TPSA) is 136 Å². The van der Waals surface area contributed by atoms with Crippen molar-refractivity contribution in [2.45, 2.75) is 26.7 Å². The van der Waals surface area contributed by atoms with E-state index in [0.717, 1.165) is 17.0 Å². The smallest absolute Gasteiger partial charge is 0.324 e. The van der Waals surface area contributed by atoms with E-state index >= 15 is 0 Å². The first-order valence-corrected chi connectivity index (χ1v) is 9.65. The summed E-state index contributed by atoms with van der Waals surface area (Å²) in [5, 5.41) is 14.7. The largest absolute Gasteiger partial charge is 0.329 e. The van der Waals surface area contributed by atoms with Gasteiger partial charge >= 0.3 is 6.03 Å². The lowest BCUT2D eigenvalue weighted by Crippen LogP contribution is -2.33. The number of aromatic nitrogens is 2. The van der Waals surface area contributed by atoms with Crippen LogP contribution in [-0.4, -0.2) is 51.9 Å². The van der Waals surface area contributed by atoms with Crippen LogP contribution >= 0.6 is 0 Å². The van der Waals surface area contributed by atoms with Crippen LogP contribution in [0.15, 0.2) is 30.3 Å². The molecule has 1 saturated heterocycles. The Bertz CT molecular complexity index is 934. The SMILES string of the molecule is CC(C)Cc1cc(C(=O)Nc2ccc(NC(=O)CCN3C(=O)CNC3=O)cc2)n[nH]1. The summed E-state index contributed by atoms with van der Waals surface area (Å²) in [5.74, 6) is -0.543. The minimum Gasteiger partial charge on any atom is -0.329 e. The molecule has 0 spiro atoms. The fraction of sp³-hybridized carbons (Fsp3) is 0.350. The molecule has 1 aromatic carbocycles. The van der Waals surface area contributed by atoms with Crippen LogP contribution < -0.4 is 16.0 Å². The van der Waals surface area contributed by atoms with E-state index in [1.54, 1.807) is 30.3 Å². The Morgan fingerprint density at radius 3 is 2.40 bits per heavy atom. The van der Waals surface area contributed by atoms with Crippen molar-refractivity contribution < 1.29 is 19.2 Å². The maximum Gasteiger partial charge on any atom is 0.324 e. The van der Waals surface area contributed by atoms with Gasteiger partial charge in [0.25, 0.3) is 5.91 Å². The van der Waals surface area contributed by atoms with Crippen molar-refractivity contribution in [2.24, 2.45) is 5.92 Å². The predicted octanol–water partition coefficient (Wildman–Crippen LogP) is 1.74. The fourth-order valence-corrected chi connectivity index (χ4v) is 2.97. The van der Waals surface area contributed by atoms with Crippen LogP contribution in [0.1, 0.15) is 36.5 Å². The standard InChI is InChI=1S/C20H24N6O4/c1-12(2)9-15-10-16(25-24-15)19(29)23-14-5-3-13(4-6-14)22-17(27)7-8-26-18(28)11-21-20(26)30/h3-6,10,12H,7-9,11H2,1-2H3,(H,21,30)(H,22,27)(H,23,29)(H,24,25). The van der Waals surface area contributed by atoms with Gasteiger partial charge in [0.15, 0.2) is 5.69 Å². The molecule has 0 aliphatic carbocycles. The van der Waals surface area contributed by atoms with E-state index < -0.39 is 6.03 Å². The quantitative estimate of drug-likeness (QED) is 0.490. The molecule has 30 heavy (non-hydrogen) atoms. The number of urea groups is 1. The van der Waals surface area contributed by atoms with Gasteiger partial charge in [0.1, 0.15) is 0 Å². The first-order chi connectivity index (χ1) is 14.3. The highest BCUT2D eigenvalue weighted by molar-refractivity contribution is 6.03. The maximum atomic E-state index is 12.3. The van der Waals surface area contributed by atoms with Crippen molar-refractivity contribution in [2.75, 3.05) is 23.7 Å². The van der Waals surface area contributed by atoms with Crippen LogP contribution in [0, 0.1) is 5.92 Å².